The predicted octanol–water partition coefficient (Wildman–Crippen LogP) is 1.70. The Bertz CT molecular complexity index is 625. The molecule has 0 aliphatic rings. The third kappa shape index (κ3) is 4.96. The lowest BCUT2D eigenvalue weighted by atomic mass is 10.1. The Labute approximate surface area is 134 Å². The van der Waals surface area contributed by atoms with Gasteiger partial charge in [-0.1, -0.05) is 30.3 Å². The molecule has 2 atom stereocenters. The van der Waals surface area contributed by atoms with E-state index in [1.807, 2.05) is 37.3 Å². The minimum absolute atomic E-state index is 0.193. The molecule has 6 nitrogen and oxygen atoms in total. The lowest BCUT2D eigenvalue weighted by Crippen LogP contribution is -2.41. The number of benzene rings is 1. The first-order chi connectivity index (χ1) is 11.1. The van der Waals surface area contributed by atoms with E-state index in [2.05, 4.69) is 10.6 Å². The highest BCUT2D eigenvalue weighted by molar-refractivity contribution is 6.35. The van der Waals surface area contributed by atoms with Crippen LogP contribution in [-0.4, -0.2) is 23.5 Å². The van der Waals surface area contributed by atoms with Crippen LogP contribution in [0.15, 0.2) is 53.3 Å². The summed E-state index contributed by atoms with van der Waals surface area (Å²) in [5.74, 6) is -1.41. The average molecular weight is 316 g/mol. The molecule has 2 amide bonds. The van der Waals surface area contributed by atoms with Gasteiger partial charge in [0, 0.05) is 12.1 Å². The molecule has 0 aliphatic heterocycles. The highest BCUT2D eigenvalue weighted by Crippen LogP contribution is 2.15. The van der Waals surface area contributed by atoms with E-state index in [9.17, 15) is 14.7 Å². The largest absolute Gasteiger partial charge is 0.472 e. The maximum atomic E-state index is 11.8. The summed E-state index contributed by atoms with van der Waals surface area (Å²) in [7, 11) is 0. The highest BCUT2D eigenvalue weighted by atomic mass is 16.3. The first-order valence-electron chi connectivity index (χ1n) is 7.41. The first-order valence-corrected chi connectivity index (χ1v) is 7.41. The first kappa shape index (κ1) is 16.8. The minimum atomic E-state index is -0.736. The second kappa shape index (κ2) is 8.14. The van der Waals surface area contributed by atoms with E-state index < -0.39 is 17.9 Å². The van der Waals surface area contributed by atoms with Gasteiger partial charge in [0.1, 0.15) is 0 Å². The van der Waals surface area contributed by atoms with E-state index in [-0.39, 0.29) is 12.6 Å². The molecule has 1 heterocycles. The summed E-state index contributed by atoms with van der Waals surface area (Å²) < 4.78 is 4.88. The van der Waals surface area contributed by atoms with Gasteiger partial charge in [0.25, 0.3) is 0 Å². The van der Waals surface area contributed by atoms with Gasteiger partial charge in [-0.15, -0.1) is 0 Å². The Balaban J connectivity index is 1.74. The Kier molecular flexibility index (Phi) is 5.94. The van der Waals surface area contributed by atoms with Crippen molar-refractivity contribution < 1.29 is 19.1 Å². The Morgan fingerprint density at radius 1 is 1.13 bits per heavy atom. The lowest BCUT2D eigenvalue weighted by molar-refractivity contribution is -0.139. The van der Waals surface area contributed by atoms with Gasteiger partial charge in [-0.3, -0.25) is 9.59 Å². The van der Waals surface area contributed by atoms with Gasteiger partial charge < -0.3 is 20.2 Å². The van der Waals surface area contributed by atoms with E-state index in [4.69, 9.17) is 4.42 Å². The monoisotopic (exact) mass is 316 g/mol. The third-order valence-corrected chi connectivity index (χ3v) is 3.48. The van der Waals surface area contributed by atoms with Crippen molar-refractivity contribution in [2.45, 2.75) is 25.5 Å². The number of amides is 2. The molecule has 0 spiro atoms. The number of nitrogens with one attached hydrogen (secondary N) is 2. The van der Waals surface area contributed by atoms with E-state index >= 15 is 0 Å². The Morgan fingerprint density at radius 2 is 1.87 bits per heavy atom. The fourth-order valence-electron chi connectivity index (χ4n) is 2.12. The van der Waals surface area contributed by atoms with Gasteiger partial charge in [0.15, 0.2) is 0 Å². The fraction of sp³-hybridized carbons (Fsp3) is 0.294. The van der Waals surface area contributed by atoms with Crippen LogP contribution < -0.4 is 10.6 Å². The van der Waals surface area contributed by atoms with Crippen LogP contribution in [0.2, 0.25) is 0 Å². The molecule has 6 heteroatoms. The Morgan fingerprint density at radius 3 is 2.52 bits per heavy atom. The van der Waals surface area contributed by atoms with E-state index in [0.29, 0.717) is 12.0 Å². The lowest BCUT2D eigenvalue weighted by Gasteiger charge is -2.14. The number of hydrogen-bond donors (Lipinski definition) is 3. The average Bonchev–Trinajstić information content (AvgIpc) is 3.10. The number of furan rings is 1. The summed E-state index contributed by atoms with van der Waals surface area (Å²) in [4.78, 5) is 23.6. The van der Waals surface area contributed by atoms with Gasteiger partial charge in [-0.25, -0.2) is 0 Å². The van der Waals surface area contributed by atoms with Crippen molar-refractivity contribution in [2.24, 2.45) is 0 Å². The third-order valence-electron chi connectivity index (χ3n) is 3.48. The molecule has 1 aromatic carbocycles. The zero-order chi connectivity index (χ0) is 16.7. The van der Waals surface area contributed by atoms with Crippen LogP contribution in [-0.2, 0) is 9.59 Å². The van der Waals surface area contributed by atoms with Crippen molar-refractivity contribution in [3.8, 4) is 0 Å². The highest BCUT2D eigenvalue weighted by Gasteiger charge is 2.17. The molecule has 0 fully saturated rings. The zero-order valence-corrected chi connectivity index (χ0v) is 12.9. The molecule has 0 saturated heterocycles. The SMILES string of the molecule is CC(NC(=O)C(=O)NCCC(O)c1ccoc1)c1ccccc1. The fourth-order valence-corrected chi connectivity index (χ4v) is 2.12. The zero-order valence-electron chi connectivity index (χ0n) is 12.9. The van der Waals surface area contributed by atoms with Crippen molar-refractivity contribution in [1.82, 2.24) is 10.6 Å². The summed E-state index contributed by atoms with van der Waals surface area (Å²) in [5, 5.41) is 15.0. The van der Waals surface area contributed by atoms with Crippen LogP contribution >= 0.6 is 0 Å². The van der Waals surface area contributed by atoms with Crippen LogP contribution in [0.1, 0.15) is 36.6 Å². The molecule has 0 bridgehead atoms. The van der Waals surface area contributed by atoms with Gasteiger partial charge in [-0.05, 0) is 25.0 Å². The molecule has 3 N–H and O–H groups in total. The topological polar surface area (TPSA) is 91.6 Å². The van der Waals surface area contributed by atoms with E-state index in [1.54, 1.807) is 6.07 Å². The quantitative estimate of drug-likeness (QED) is 0.707. The van der Waals surface area contributed by atoms with Crippen molar-refractivity contribution in [2.75, 3.05) is 6.54 Å². The molecule has 2 rings (SSSR count). The van der Waals surface area contributed by atoms with Crippen molar-refractivity contribution in [3.05, 3.63) is 60.1 Å². The Hall–Kier alpha value is -2.60. The standard InChI is InChI=1S/C17H20N2O4/c1-12(13-5-3-2-4-6-13)19-17(22)16(21)18-9-7-15(20)14-8-10-23-11-14/h2-6,8,10-12,15,20H,7,9H2,1H3,(H,18,21)(H,19,22). The van der Waals surface area contributed by atoms with Crippen LogP contribution in [0.4, 0.5) is 0 Å². The van der Waals surface area contributed by atoms with Crippen LogP contribution in [0.5, 0.6) is 0 Å². The summed E-state index contributed by atoms with van der Waals surface area (Å²) in [6.45, 7) is 2.00. The smallest absolute Gasteiger partial charge is 0.309 e. The van der Waals surface area contributed by atoms with Gasteiger partial charge in [0.05, 0.1) is 24.7 Å². The molecule has 122 valence electrons. The number of rotatable bonds is 6. The maximum absolute atomic E-state index is 11.8. The second-order valence-electron chi connectivity index (χ2n) is 5.22. The molecule has 1 aromatic heterocycles. The molecule has 23 heavy (non-hydrogen) atoms. The summed E-state index contributed by atoms with van der Waals surface area (Å²) in [6, 6.07) is 10.8. The van der Waals surface area contributed by atoms with E-state index in [1.165, 1.54) is 12.5 Å². The number of aliphatic hydroxyl groups is 1. The molecule has 0 radical (unpaired) electrons. The number of carbonyl (C=O) groups excluding carboxylic acids is 2. The molecule has 2 aromatic rings. The van der Waals surface area contributed by atoms with Crippen molar-refractivity contribution in [3.63, 3.8) is 0 Å². The van der Waals surface area contributed by atoms with E-state index in [0.717, 1.165) is 5.56 Å². The van der Waals surface area contributed by atoms with Crippen LogP contribution in [0, 0.1) is 0 Å². The summed E-state index contributed by atoms with van der Waals surface area (Å²) >= 11 is 0. The normalized spacial score (nSPS) is 13.1. The molecular weight excluding hydrogens is 296 g/mol. The molecular formula is C17H20N2O4. The number of carbonyl (C=O) groups is 2. The van der Waals surface area contributed by atoms with Crippen molar-refractivity contribution in [1.29, 1.82) is 0 Å². The van der Waals surface area contributed by atoms with Gasteiger partial charge in [-0.2, -0.15) is 0 Å². The number of hydrogen-bond acceptors (Lipinski definition) is 4. The van der Waals surface area contributed by atoms with Crippen molar-refractivity contribution >= 4 is 11.8 Å². The molecule has 0 saturated carbocycles. The maximum Gasteiger partial charge on any atom is 0.309 e. The molecule has 0 aliphatic carbocycles. The summed E-state index contributed by atoms with van der Waals surface area (Å²) in [6.07, 6.45) is 2.48. The second-order valence-corrected chi connectivity index (χ2v) is 5.22. The minimum Gasteiger partial charge on any atom is -0.472 e. The van der Waals surface area contributed by atoms with Crippen LogP contribution in [0.25, 0.3) is 0 Å². The summed E-state index contributed by atoms with van der Waals surface area (Å²) in [5.41, 5.74) is 1.56. The molecule has 2 unspecified atom stereocenters. The number of aliphatic hydroxyl groups excluding tert-OH is 1. The van der Waals surface area contributed by atoms with Gasteiger partial charge >= 0.3 is 11.8 Å². The van der Waals surface area contributed by atoms with Crippen LogP contribution in [0.3, 0.4) is 0 Å². The predicted molar refractivity (Wildman–Crippen MR) is 84.3 cm³/mol. The van der Waals surface area contributed by atoms with Gasteiger partial charge in [0.2, 0.25) is 0 Å².